The van der Waals surface area contributed by atoms with Gasteiger partial charge in [-0.05, 0) is 34.9 Å². The van der Waals surface area contributed by atoms with E-state index in [4.69, 9.17) is 0 Å². The average molecular weight is 357 g/mol. The number of rotatable bonds is 4. The molecule has 0 aliphatic rings. The van der Waals surface area contributed by atoms with E-state index in [9.17, 15) is 10.1 Å². The van der Waals surface area contributed by atoms with Crippen LogP contribution in [0.5, 0.6) is 0 Å². The van der Waals surface area contributed by atoms with Gasteiger partial charge in [-0.15, -0.1) is 11.3 Å². The van der Waals surface area contributed by atoms with Gasteiger partial charge in [0.25, 0.3) is 5.69 Å². The minimum atomic E-state index is -0.370. The number of nitro groups is 1. The Kier molecular flexibility index (Phi) is 4.33. The Morgan fingerprint density at radius 2 is 1.27 bits per heavy atom. The maximum absolute atomic E-state index is 10.9. The lowest BCUT2D eigenvalue weighted by Crippen LogP contribution is -1.87. The van der Waals surface area contributed by atoms with Gasteiger partial charge in [0.2, 0.25) is 0 Å². The average Bonchev–Trinajstić information content (AvgIpc) is 3.15. The number of benzene rings is 3. The van der Waals surface area contributed by atoms with E-state index in [0.717, 1.165) is 16.7 Å². The molecule has 0 N–H and O–H groups in total. The van der Waals surface area contributed by atoms with Crippen LogP contribution in [0.1, 0.15) is 0 Å². The molecule has 126 valence electrons. The predicted octanol–water partition coefficient (Wildman–Crippen LogP) is 6.66. The third-order valence-electron chi connectivity index (χ3n) is 4.22. The van der Waals surface area contributed by atoms with Crippen molar-refractivity contribution in [3.63, 3.8) is 0 Å². The van der Waals surface area contributed by atoms with Crippen LogP contribution in [0.3, 0.4) is 0 Å². The van der Waals surface area contributed by atoms with Crippen LogP contribution in [0.15, 0.2) is 91.0 Å². The molecule has 0 saturated heterocycles. The zero-order valence-corrected chi connectivity index (χ0v) is 14.6. The Bertz CT molecular complexity index is 1040. The highest BCUT2D eigenvalue weighted by Gasteiger charge is 2.15. The van der Waals surface area contributed by atoms with Gasteiger partial charge < -0.3 is 0 Å². The minimum absolute atomic E-state index is 0.105. The first-order chi connectivity index (χ1) is 12.7. The molecule has 0 amide bonds. The maximum atomic E-state index is 10.9. The van der Waals surface area contributed by atoms with Gasteiger partial charge in [0.1, 0.15) is 0 Å². The van der Waals surface area contributed by atoms with E-state index >= 15 is 0 Å². The summed E-state index contributed by atoms with van der Waals surface area (Å²) in [5.41, 5.74) is 4.49. The molecular weight excluding hydrogens is 342 g/mol. The Labute approximate surface area is 155 Å². The SMILES string of the molecule is O=[N+]([O-])c1ccc(-c2cc(-c3ccccc3)sc2-c2ccccc2)cc1. The molecule has 0 saturated carbocycles. The van der Waals surface area contributed by atoms with Crippen molar-refractivity contribution in [2.45, 2.75) is 0 Å². The quantitative estimate of drug-likeness (QED) is 0.303. The molecule has 3 nitrogen and oxygen atoms in total. The van der Waals surface area contributed by atoms with Gasteiger partial charge in [0.15, 0.2) is 0 Å². The fourth-order valence-corrected chi connectivity index (χ4v) is 4.11. The van der Waals surface area contributed by atoms with Gasteiger partial charge in [0.05, 0.1) is 4.92 Å². The van der Waals surface area contributed by atoms with E-state index in [1.165, 1.54) is 15.3 Å². The molecule has 26 heavy (non-hydrogen) atoms. The second kappa shape index (κ2) is 6.94. The van der Waals surface area contributed by atoms with Crippen LogP contribution in [0.2, 0.25) is 0 Å². The lowest BCUT2D eigenvalue weighted by Gasteiger charge is -2.04. The Hall–Kier alpha value is -3.24. The molecule has 0 bridgehead atoms. The van der Waals surface area contributed by atoms with Crippen LogP contribution in [-0.2, 0) is 0 Å². The first kappa shape index (κ1) is 16.2. The molecule has 4 heteroatoms. The Morgan fingerprint density at radius 3 is 1.85 bits per heavy atom. The first-order valence-electron chi connectivity index (χ1n) is 8.22. The number of thiophene rings is 1. The number of nitro benzene ring substituents is 1. The van der Waals surface area contributed by atoms with Crippen molar-refractivity contribution in [2.24, 2.45) is 0 Å². The predicted molar refractivity (Wildman–Crippen MR) is 107 cm³/mol. The van der Waals surface area contributed by atoms with Crippen molar-refractivity contribution in [3.8, 4) is 32.0 Å². The molecule has 0 aliphatic carbocycles. The summed E-state index contributed by atoms with van der Waals surface area (Å²) in [6.45, 7) is 0. The summed E-state index contributed by atoms with van der Waals surface area (Å²) in [6.07, 6.45) is 0. The largest absolute Gasteiger partial charge is 0.269 e. The fraction of sp³-hybridized carbons (Fsp3) is 0. The normalized spacial score (nSPS) is 10.6. The van der Waals surface area contributed by atoms with Crippen molar-refractivity contribution in [1.29, 1.82) is 0 Å². The molecule has 1 heterocycles. The van der Waals surface area contributed by atoms with Crippen molar-refractivity contribution in [2.75, 3.05) is 0 Å². The van der Waals surface area contributed by atoms with Crippen LogP contribution in [0, 0.1) is 10.1 Å². The molecular formula is C22H15NO2S. The van der Waals surface area contributed by atoms with Gasteiger partial charge in [-0.2, -0.15) is 0 Å². The molecule has 0 radical (unpaired) electrons. The Morgan fingerprint density at radius 1 is 0.692 bits per heavy atom. The van der Waals surface area contributed by atoms with Gasteiger partial charge in [-0.3, -0.25) is 10.1 Å². The summed E-state index contributed by atoms with van der Waals surface area (Å²) in [5, 5.41) is 10.9. The molecule has 0 aliphatic heterocycles. The van der Waals surface area contributed by atoms with Crippen molar-refractivity contribution < 1.29 is 4.92 Å². The first-order valence-corrected chi connectivity index (χ1v) is 9.03. The molecule has 0 fully saturated rings. The van der Waals surface area contributed by atoms with E-state index in [2.05, 4.69) is 30.3 Å². The highest BCUT2D eigenvalue weighted by Crippen LogP contribution is 2.43. The minimum Gasteiger partial charge on any atom is -0.258 e. The molecule has 3 aromatic carbocycles. The lowest BCUT2D eigenvalue weighted by atomic mass is 10.0. The van der Waals surface area contributed by atoms with E-state index < -0.39 is 0 Å². The van der Waals surface area contributed by atoms with E-state index in [-0.39, 0.29) is 10.6 Å². The van der Waals surface area contributed by atoms with Crippen molar-refractivity contribution >= 4 is 17.0 Å². The lowest BCUT2D eigenvalue weighted by molar-refractivity contribution is -0.384. The summed E-state index contributed by atoms with van der Waals surface area (Å²) in [5.74, 6) is 0. The van der Waals surface area contributed by atoms with Crippen molar-refractivity contribution in [1.82, 2.24) is 0 Å². The second-order valence-electron chi connectivity index (χ2n) is 5.89. The van der Waals surface area contributed by atoms with Crippen LogP contribution < -0.4 is 0 Å². The number of hydrogen-bond acceptors (Lipinski definition) is 3. The van der Waals surface area contributed by atoms with Crippen LogP contribution >= 0.6 is 11.3 Å². The van der Waals surface area contributed by atoms with E-state index in [1.54, 1.807) is 23.5 Å². The zero-order valence-electron chi connectivity index (χ0n) is 13.8. The summed E-state index contributed by atoms with van der Waals surface area (Å²) >= 11 is 1.74. The summed E-state index contributed by atoms with van der Waals surface area (Å²) in [7, 11) is 0. The standard InChI is InChI=1S/C22H15NO2S/c24-23(25)19-13-11-16(12-14-19)20-15-21(17-7-3-1-4-8-17)26-22(20)18-9-5-2-6-10-18/h1-15H. The van der Waals surface area contributed by atoms with Gasteiger partial charge in [0, 0.05) is 27.5 Å². The zero-order chi connectivity index (χ0) is 17.9. The highest BCUT2D eigenvalue weighted by atomic mass is 32.1. The van der Waals surface area contributed by atoms with Gasteiger partial charge >= 0.3 is 0 Å². The topological polar surface area (TPSA) is 43.1 Å². The Balaban J connectivity index is 1.87. The molecule has 1 aromatic heterocycles. The summed E-state index contributed by atoms with van der Waals surface area (Å²) in [6, 6.07) is 29.4. The smallest absolute Gasteiger partial charge is 0.258 e. The van der Waals surface area contributed by atoms with Crippen LogP contribution in [0.4, 0.5) is 5.69 Å². The number of non-ortho nitro benzene ring substituents is 1. The second-order valence-corrected chi connectivity index (χ2v) is 6.94. The maximum Gasteiger partial charge on any atom is 0.269 e. The summed E-state index contributed by atoms with van der Waals surface area (Å²) < 4.78 is 0. The van der Waals surface area contributed by atoms with Gasteiger partial charge in [-0.25, -0.2) is 0 Å². The molecule has 4 rings (SSSR count). The van der Waals surface area contributed by atoms with Gasteiger partial charge in [-0.1, -0.05) is 60.7 Å². The third kappa shape index (κ3) is 3.15. The molecule has 4 aromatic rings. The van der Waals surface area contributed by atoms with Crippen LogP contribution in [0.25, 0.3) is 32.0 Å². The molecule has 0 spiro atoms. The molecule has 0 unspecified atom stereocenters. The van der Waals surface area contributed by atoms with Crippen molar-refractivity contribution in [3.05, 3.63) is 101 Å². The summed E-state index contributed by atoms with van der Waals surface area (Å²) in [4.78, 5) is 12.9. The number of hydrogen-bond donors (Lipinski definition) is 0. The molecule has 0 atom stereocenters. The van der Waals surface area contributed by atoms with Crippen LogP contribution in [-0.4, -0.2) is 4.92 Å². The number of nitrogens with zero attached hydrogens (tertiary/aromatic N) is 1. The monoisotopic (exact) mass is 357 g/mol. The highest BCUT2D eigenvalue weighted by molar-refractivity contribution is 7.19. The fourth-order valence-electron chi connectivity index (χ4n) is 2.92. The van der Waals surface area contributed by atoms with E-state index in [0.29, 0.717) is 0 Å². The van der Waals surface area contributed by atoms with E-state index in [1.807, 2.05) is 48.5 Å². The third-order valence-corrected chi connectivity index (χ3v) is 5.45.